The van der Waals surface area contributed by atoms with E-state index in [4.69, 9.17) is 5.11 Å². The molecule has 1 atom stereocenters. The summed E-state index contributed by atoms with van der Waals surface area (Å²) in [6.45, 7) is 2.33. The zero-order chi connectivity index (χ0) is 13.3. The van der Waals surface area contributed by atoms with Crippen LogP contribution in [0.15, 0.2) is 12.1 Å². The lowest BCUT2D eigenvalue weighted by Crippen LogP contribution is -2.37. The second-order valence-electron chi connectivity index (χ2n) is 4.73. The molecule has 2 rings (SSSR count). The maximum Gasteiger partial charge on any atom is 0.352 e. The fourth-order valence-electron chi connectivity index (χ4n) is 2.69. The van der Waals surface area contributed by atoms with Gasteiger partial charge in [0.25, 0.3) is 0 Å². The zero-order valence-corrected chi connectivity index (χ0v) is 10.7. The first-order chi connectivity index (χ1) is 8.52. The van der Waals surface area contributed by atoms with Gasteiger partial charge in [0.2, 0.25) is 5.91 Å². The number of carboxylic acids is 1. The van der Waals surface area contributed by atoms with Gasteiger partial charge in [-0.25, -0.2) is 4.79 Å². The molecule has 1 aromatic heterocycles. The summed E-state index contributed by atoms with van der Waals surface area (Å²) in [5, 5.41) is 9.05. The number of hydrogen-bond acceptors (Lipinski definition) is 2. The number of carboxylic acid groups (broad SMARTS) is 1. The summed E-state index contributed by atoms with van der Waals surface area (Å²) < 4.78 is 1.67. The van der Waals surface area contributed by atoms with E-state index in [0.29, 0.717) is 0 Å². The molecule has 18 heavy (non-hydrogen) atoms. The average molecular weight is 250 g/mol. The van der Waals surface area contributed by atoms with Gasteiger partial charge in [-0.05, 0) is 31.4 Å². The molecule has 0 aromatic carbocycles. The highest BCUT2D eigenvalue weighted by Crippen LogP contribution is 2.31. The lowest BCUT2D eigenvalue weighted by atomic mass is 9.99. The molecule has 1 aromatic rings. The SMILES string of the molecule is CC(=O)N1CCCC[C@H]1c1ccc(C(=O)O)n1C. The minimum Gasteiger partial charge on any atom is -0.477 e. The van der Waals surface area contributed by atoms with E-state index in [2.05, 4.69) is 0 Å². The van der Waals surface area contributed by atoms with Crippen LogP contribution in [0.25, 0.3) is 0 Å². The Bertz CT molecular complexity index is 479. The van der Waals surface area contributed by atoms with Crippen molar-refractivity contribution in [3.63, 3.8) is 0 Å². The van der Waals surface area contributed by atoms with Gasteiger partial charge in [-0.3, -0.25) is 4.79 Å². The van der Waals surface area contributed by atoms with Gasteiger partial charge in [0, 0.05) is 26.2 Å². The first-order valence-electron chi connectivity index (χ1n) is 6.18. The molecular formula is C13H18N2O3. The summed E-state index contributed by atoms with van der Waals surface area (Å²) in [5.41, 5.74) is 1.17. The molecular weight excluding hydrogens is 232 g/mol. The Hall–Kier alpha value is -1.78. The average Bonchev–Trinajstić information content (AvgIpc) is 2.71. The molecule has 0 saturated carbocycles. The van der Waals surface area contributed by atoms with Gasteiger partial charge in [-0.2, -0.15) is 0 Å². The van der Waals surface area contributed by atoms with Crippen molar-refractivity contribution in [3.8, 4) is 0 Å². The van der Waals surface area contributed by atoms with Crippen molar-refractivity contribution in [2.75, 3.05) is 6.54 Å². The quantitative estimate of drug-likeness (QED) is 0.870. The third kappa shape index (κ3) is 2.12. The number of aromatic carboxylic acids is 1. The molecule has 98 valence electrons. The van der Waals surface area contributed by atoms with Crippen LogP contribution < -0.4 is 0 Å². The number of piperidine rings is 1. The molecule has 5 heteroatoms. The van der Waals surface area contributed by atoms with Gasteiger partial charge in [0.15, 0.2) is 0 Å². The third-order valence-electron chi connectivity index (χ3n) is 3.63. The Morgan fingerprint density at radius 1 is 1.33 bits per heavy atom. The minimum atomic E-state index is -0.936. The van der Waals surface area contributed by atoms with E-state index in [1.165, 1.54) is 0 Å². The topological polar surface area (TPSA) is 62.5 Å². The van der Waals surface area contributed by atoms with E-state index in [-0.39, 0.29) is 17.6 Å². The monoisotopic (exact) mass is 250 g/mol. The smallest absolute Gasteiger partial charge is 0.352 e. The number of carbonyl (C=O) groups is 2. The molecule has 1 amide bonds. The molecule has 1 fully saturated rings. The Morgan fingerprint density at radius 2 is 2.06 bits per heavy atom. The van der Waals surface area contributed by atoms with Gasteiger partial charge in [0.05, 0.1) is 6.04 Å². The molecule has 1 aliphatic heterocycles. The van der Waals surface area contributed by atoms with Crippen molar-refractivity contribution < 1.29 is 14.7 Å². The Labute approximate surface area is 106 Å². The third-order valence-corrected chi connectivity index (χ3v) is 3.63. The molecule has 1 N–H and O–H groups in total. The van der Waals surface area contributed by atoms with Gasteiger partial charge in [-0.15, -0.1) is 0 Å². The minimum absolute atomic E-state index is 0.00866. The van der Waals surface area contributed by atoms with Crippen molar-refractivity contribution in [2.24, 2.45) is 7.05 Å². The van der Waals surface area contributed by atoms with E-state index < -0.39 is 5.97 Å². The number of aromatic nitrogens is 1. The Kier molecular flexibility index (Phi) is 3.41. The highest BCUT2D eigenvalue weighted by Gasteiger charge is 2.28. The maximum absolute atomic E-state index is 11.6. The zero-order valence-electron chi connectivity index (χ0n) is 10.7. The summed E-state index contributed by atoms with van der Waals surface area (Å²) >= 11 is 0. The molecule has 0 unspecified atom stereocenters. The largest absolute Gasteiger partial charge is 0.477 e. The summed E-state index contributed by atoms with van der Waals surface area (Å²) in [6.07, 6.45) is 2.99. The molecule has 2 heterocycles. The van der Waals surface area contributed by atoms with Crippen LogP contribution in [0, 0.1) is 0 Å². The van der Waals surface area contributed by atoms with Crippen molar-refractivity contribution in [1.29, 1.82) is 0 Å². The second kappa shape index (κ2) is 4.84. The molecule has 0 aliphatic carbocycles. The van der Waals surface area contributed by atoms with Crippen LogP contribution in [0.1, 0.15) is 48.4 Å². The first-order valence-corrected chi connectivity index (χ1v) is 6.18. The van der Waals surface area contributed by atoms with Crippen LogP contribution in [0.3, 0.4) is 0 Å². The van der Waals surface area contributed by atoms with Crippen LogP contribution >= 0.6 is 0 Å². The molecule has 1 saturated heterocycles. The van der Waals surface area contributed by atoms with E-state index in [1.807, 2.05) is 11.0 Å². The summed E-state index contributed by atoms with van der Waals surface area (Å²) in [5.74, 6) is -0.883. The van der Waals surface area contributed by atoms with Crippen molar-refractivity contribution in [2.45, 2.75) is 32.2 Å². The molecule has 0 spiro atoms. The Morgan fingerprint density at radius 3 is 2.61 bits per heavy atom. The number of likely N-dealkylation sites (tertiary alicyclic amines) is 1. The van der Waals surface area contributed by atoms with Crippen molar-refractivity contribution >= 4 is 11.9 Å². The highest BCUT2D eigenvalue weighted by molar-refractivity contribution is 5.86. The molecule has 0 bridgehead atoms. The van der Waals surface area contributed by atoms with Crippen LogP contribution in [0.5, 0.6) is 0 Å². The lowest BCUT2D eigenvalue weighted by Gasteiger charge is -2.35. The Balaban J connectivity index is 2.34. The highest BCUT2D eigenvalue weighted by atomic mass is 16.4. The van der Waals surface area contributed by atoms with Crippen LogP contribution in [0.2, 0.25) is 0 Å². The van der Waals surface area contributed by atoms with E-state index in [0.717, 1.165) is 31.5 Å². The number of nitrogens with zero attached hydrogens (tertiary/aromatic N) is 2. The van der Waals surface area contributed by atoms with Gasteiger partial charge in [-0.1, -0.05) is 0 Å². The van der Waals surface area contributed by atoms with E-state index >= 15 is 0 Å². The van der Waals surface area contributed by atoms with Gasteiger partial charge >= 0.3 is 5.97 Å². The van der Waals surface area contributed by atoms with Crippen molar-refractivity contribution in [3.05, 3.63) is 23.5 Å². The lowest BCUT2D eigenvalue weighted by molar-refractivity contribution is -0.132. The first kappa shape index (κ1) is 12.7. The van der Waals surface area contributed by atoms with Crippen LogP contribution in [0.4, 0.5) is 0 Å². The number of rotatable bonds is 2. The fraction of sp³-hybridized carbons (Fsp3) is 0.538. The predicted molar refractivity (Wildman–Crippen MR) is 66.4 cm³/mol. The molecule has 1 aliphatic rings. The number of carbonyl (C=O) groups excluding carboxylic acids is 1. The molecule has 5 nitrogen and oxygen atoms in total. The van der Waals surface area contributed by atoms with Gasteiger partial charge < -0.3 is 14.6 Å². The van der Waals surface area contributed by atoms with E-state index in [9.17, 15) is 9.59 Å². The summed E-state index contributed by atoms with van der Waals surface area (Å²) in [6, 6.07) is 3.43. The predicted octanol–water partition coefficient (Wildman–Crippen LogP) is 1.80. The van der Waals surface area contributed by atoms with Crippen LogP contribution in [-0.2, 0) is 11.8 Å². The van der Waals surface area contributed by atoms with Crippen molar-refractivity contribution in [1.82, 2.24) is 9.47 Å². The fourth-order valence-corrected chi connectivity index (χ4v) is 2.69. The number of amides is 1. The normalized spacial score (nSPS) is 19.9. The van der Waals surface area contributed by atoms with E-state index in [1.54, 1.807) is 24.6 Å². The van der Waals surface area contributed by atoms with Crippen LogP contribution in [-0.4, -0.2) is 33.0 Å². The summed E-state index contributed by atoms with van der Waals surface area (Å²) in [7, 11) is 1.74. The standard InChI is InChI=1S/C13H18N2O3/c1-9(16)15-8-4-3-5-11(15)10-6-7-12(13(17)18)14(10)2/h6-7,11H,3-5,8H2,1-2H3,(H,17,18)/t11-/m0/s1. The maximum atomic E-state index is 11.6. The summed E-state index contributed by atoms with van der Waals surface area (Å²) in [4.78, 5) is 24.5. The number of hydrogen-bond donors (Lipinski definition) is 1. The molecule has 0 radical (unpaired) electrons. The van der Waals surface area contributed by atoms with Gasteiger partial charge in [0.1, 0.15) is 5.69 Å². The second-order valence-corrected chi connectivity index (χ2v) is 4.73.